The highest BCUT2D eigenvalue weighted by atomic mass is 127. The van der Waals surface area contributed by atoms with E-state index in [-0.39, 0.29) is 5.92 Å². The minimum Gasteiger partial charge on any atom is -0.0619 e. The Morgan fingerprint density at radius 2 is 0.963 bits per heavy atom. The molecule has 130 valence electrons. The lowest BCUT2D eigenvalue weighted by atomic mass is 9.85. The van der Waals surface area contributed by atoms with E-state index in [1.807, 2.05) is 0 Å². The molecule has 0 amide bonds. The smallest absolute Gasteiger partial charge is 0.0368 e. The van der Waals surface area contributed by atoms with Crippen molar-refractivity contribution in [1.82, 2.24) is 0 Å². The van der Waals surface area contributed by atoms with Gasteiger partial charge < -0.3 is 0 Å². The molecule has 0 saturated carbocycles. The normalized spacial score (nSPS) is 14.7. The maximum Gasteiger partial charge on any atom is 0.0368 e. The molecule has 0 aliphatic heterocycles. The van der Waals surface area contributed by atoms with E-state index in [1.54, 1.807) is 0 Å². The van der Waals surface area contributed by atoms with E-state index < -0.39 is 0 Å². The van der Waals surface area contributed by atoms with Crippen molar-refractivity contribution in [3.63, 3.8) is 0 Å². The van der Waals surface area contributed by atoms with E-state index in [0.29, 0.717) is 0 Å². The summed E-state index contributed by atoms with van der Waals surface area (Å²) in [6, 6.07) is 33.1. The molecule has 1 aliphatic carbocycles. The van der Waals surface area contributed by atoms with Crippen LogP contribution in [0.2, 0.25) is 0 Å². The standard InChI is InChI=1S/C25H16I2/c26-22-14-5-3-9-17(22)20-13-7-12-19-16-8-1-2-10-18(16)25(24(19)20)21-11-4-6-15-23(21)27/h1-15,25H. The molecule has 27 heavy (non-hydrogen) atoms. The maximum absolute atomic E-state index is 2.48. The third-order valence-corrected chi connectivity index (χ3v) is 7.26. The summed E-state index contributed by atoms with van der Waals surface area (Å²) in [6.07, 6.45) is 0. The highest BCUT2D eigenvalue weighted by Crippen LogP contribution is 2.52. The zero-order valence-electron chi connectivity index (χ0n) is 14.5. The van der Waals surface area contributed by atoms with Crippen LogP contribution in [0.1, 0.15) is 22.6 Å². The van der Waals surface area contributed by atoms with Crippen molar-refractivity contribution in [2.75, 3.05) is 0 Å². The molecule has 0 N–H and O–H groups in total. The second-order valence-electron chi connectivity index (χ2n) is 6.79. The second-order valence-corrected chi connectivity index (χ2v) is 9.11. The van der Waals surface area contributed by atoms with Crippen LogP contribution in [-0.4, -0.2) is 0 Å². The van der Waals surface area contributed by atoms with Crippen molar-refractivity contribution in [2.45, 2.75) is 5.92 Å². The van der Waals surface area contributed by atoms with Crippen molar-refractivity contribution in [2.24, 2.45) is 0 Å². The minimum absolute atomic E-state index is 0.275. The first-order valence-electron chi connectivity index (χ1n) is 8.97. The summed E-state index contributed by atoms with van der Waals surface area (Å²) < 4.78 is 2.61. The van der Waals surface area contributed by atoms with Gasteiger partial charge in [-0.15, -0.1) is 0 Å². The molecule has 0 spiro atoms. The van der Waals surface area contributed by atoms with Gasteiger partial charge in [0.15, 0.2) is 0 Å². The van der Waals surface area contributed by atoms with E-state index in [9.17, 15) is 0 Å². The van der Waals surface area contributed by atoms with E-state index in [4.69, 9.17) is 0 Å². The van der Waals surface area contributed by atoms with Crippen molar-refractivity contribution in [3.05, 3.63) is 115 Å². The van der Waals surface area contributed by atoms with Crippen LogP contribution in [0.25, 0.3) is 22.3 Å². The fourth-order valence-electron chi connectivity index (χ4n) is 4.21. The maximum atomic E-state index is 2.48. The van der Waals surface area contributed by atoms with E-state index in [0.717, 1.165) is 0 Å². The Bertz CT molecular complexity index is 1160. The Hall–Kier alpha value is -1.66. The topological polar surface area (TPSA) is 0 Å². The molecular weight excluding hydrogens is 554 g/mol. The van der Waals surface area contributed by atoms with Gasteiger partial charge in [0.2, 0.25) is 0 Å². The Balaban J connectivity index is 1.86. The molecule has 0 fully saturated rings. The molecule has 1 atom stereocenters. The number of rotatable bonds is 2. The van der Waals surface area contributed by atoms with Crippen LogP contribution < -0.4 is 0 Å². The van der Waals surface area contributed by atoms with Crippen molar-refractivity contribution < 1.29 is 0 Å². The van der Waals surface area contributed by atoms with Crippen LogP contribution in [-0.2, 0) is 0 Å². The number of hydrogen-bond donors (Lipinski definition) is 0. The number of benzene rings is 4. The molecule has 0 saturated heterocycles. The average molecular weight is 570 g/mol. The summed E-state index contributed by atoms with van der Waals surface area (Å²) in [4.78, 5) is 0. The molecule has 4 aromatic rings. The number of hydrogen-bond acceptors (Lipinski definition) is 0. The Kier molecular flexibility index (Phi) is 4.56. The summed E-state index contributed by atoms with van der Waals surface area (Å²) in [5.74, 6) is 0.275. The number of halogens is 2. The van der Waals surface area contributed by atoms with E-state index in [2.05, 4.69) is 136 Å². The number of fused-ring (bicyclic) bond motifs is 3. The molecule has 2 heteroatoms. The van der Waals surface area contributed by atoms with Crippen molar-refractivity contribution in [3.8, 4) is 22.3 Å². The molecule has 5 rings (SSSR count). The molecule has 0 nitrogen and oxygen atoms in total. The SMILES string of the molecule is Ic1ccccc1-c1cccc2c1C(c1ccccc1I)c1ccccc1-2. The second kappa shape index (κ2) is 7.06. The fraction of sp³-hybridized carbons (Fsp3) is 0.0400. The molecule has 0 heterocycles. The predicted octanol–water partition coefficient (Wildman–Crippen LogP) is 7.72. The van der Waals surface area contributed by atoms with Gasteiger partial charge in [-0.05, 0) is 96.3 Å². The van der Waals surface area contributed by atoms with Crippen LogP contribution in [0.3, 0.4) is 0 Å². The third-order valence-electron chi connectivity index (χ3n) is 5.34. The van der Waals surface area contributed by atoms with Crippen LogP contribution in [0.5, 0.6) is 0 Å². The average Bonchev–Trinajstić information content (AvgIpc) is 3.04. The predicted molar refractivity (Wildman–Crippen MR) is 130 cm³/mol. The van der Waals surface area contributed by atoms with Crippen LogP contribution in [0.4, 0.5) is 0 Å². The van der Waals surface area contributed by atoms with Gasteiger partial charge in [-0.1, -0.05) is 78.9 Å². The highest BCUT2D eigenvalue weighted by molar-refractivity contribution is 14.1. The van der Waals surface area contributed by atoms with Gasteiger partial charge >= 0.3 is 0 Å². The van der Waals surface area contributed by atoms with Gasteiger partial charge in [-0.25, -0.2) is 0 Å². The van der Waals surface area contributed by atoms with Crippen molar-refractivity contribution in [1.29, 1.82) is 0 Å². The lowest BCUT2D eigenvalue weighted by Gasteiger charge is -2.20. The molecule has 0 radical (unpaired) electrons. The lowest BCUT2D eigenvalue weighted by molar-refractivity contribution is 1.01. The summed E-state index contributed by atoms with van der Waals surface area (Å²) in [5, 5.41) is 0. The Labute approximate surface area is 186 Å². The van der Waals surface area contributed by atoms with Crippen LogP contribution >= 0.6 is 45.2 Å². The molecule has 1 unspecified atom stereocenters. The van der Waals surface area contributed by atoms with Gasteiger partial charge in [0.05, 0.1) is 0 Å². The summed E-state index contributed by atoms with van der Waals surface area (Å²) in [5.41, 5.74) is 9.64. The molecular formula is C25H16I2. The van der Waals surface area contributed by atoms with Gasteiger partial charge in [0.25, 0.3) is 0 Å². The van der Waals surface area contributed by atoms with E-state index >= 15 is 0 Å². The molecule has 1 aliphatic rings. The molecule has 4 aromatic carbocycles. The third kappa shape index (κ3) is 2.85. The highest BCUT2D eigenvalue weighted by Gasteiger charge is 2.33. The molecule has 0 bridgehead atoms. The Morgan fingerprint density at radius 3 is 1.67 bits per heavy atom. The van der Waals surface area contributed by atoms with E-state index in [1.165, 1.54) is 46.1 Å². The van der Waals surface area contributed by atoms with Crippen LogP contribution in [0.15, 0.2) is 91.0 Å². The minimum atomic E-state index is 0.275. The first-order valence-corrected chi connectivity index (χ1v) is 11.1. The van der Waals surface area contributed by atoms with Gasteiger partial charge in [0.1, 0.15) is 0 Å². The lowest BCUT2D eigenvalue weighted by Crippen LogP contribution is -2.03. The van der Waals surface area contributed by atoms with Crippen LogP contribution in [0, 0.1) is 7.14 Å². The van der Waals surface area contributed by atoms with Gasteiger partial charge in [0, 0.05) is 13.1 Å². The monoisotopic (exact) mass is 570 g/mol. The van der Waals surface area contributed by atoms with Crippen molar-refractivity contribution >= 4 is 45.2 Å². The summed E-state index contributed by atoms with van der Waals surface area (Å²) >= 11 is 4.94. The zero-order chi connectivity index (χ0) is 18.4. The molecule has 0 aromatic heterocycles. The summed E-state index contributed by atoms with van der Waals surface area (Å²) in [6.45, 7) is 0. The quantitative estimate of drug-likeness (QED) is 0.191. The fourth-order valence-corrected chi connectivity index (χ4v) is 5.58. The summed E-state index contributed by atoms with van der Waals surface area (Å²) in [7, 11) is 0. The van der Waals surface area contributed by atoms with Gasteiger partial charge in [-0.2, -0.15) is 0 Å². The van der Waals surface area contributed by atoms with Gasteiger partial charge in [-0.3, -0.25) is 0 Å². The Morgan fingerprint density at radius 1 is 0.444 bits per heavy atom. The zero-order valence-corrected chi connectivity index (χ0v) is 18.8. The first-order chi connectivity index (χ1) is 13.3. The first kappa shape index (κ1) is 17.4. The largest absolute Gasteiger partial charge is 0.0619 e.